The standard InChI is InChI=1S/C19H14F6O6/c20-18(21,22)17(19(23,24)25,7-1-3-9-11(5-7)15(28)30-13(9)26)8-2-4-10-12(6-8)16(29)31-14(10)27/h7-8H,1-6H2. The molecule has 0 aromatic carbocycles. The maximum absolute atomic E-state index is 14.4. The topological polar surface area (TPSA) is 86.7 Å². The fraction of sp³-hybridized carbons (Fsp3) is 0.579. The number of esters is 4. The first-order valence-electron chi connectivity index (χ1n) is 9.39. The number of ether oxygens (including phenoxy) is 2. The minimum Gasteiger partial charge on any atom is -0.386 e. The van der Waals surface area contributed by atoms with Crippen LogP contribution in [-0.4, -0.2) is 36.2 Å². The Bertz CT molecular complexity index is 891. The molecule has 168 valence electrons. The number of carbonyl (C=O) groups excluding carboxylic acids is 4. The summed E-state index contributed by atoms with van der Waals surface area (Å²) in [5.74, 6) is -8.79. The van der Waals surface area contributed by atoms with Gasteiger partial charge in [-0.1, -0.05) is 0 Å². The van der Waals surface area contributed by atoms with E-state index in [1.807, 2.05) is 0 Å². The van der Waals surface area contributed by atoms with Gasteiger partial charge in [0, 0.05) is 22.3 Å². The summed E-state index contributed by atoms with van der Waals surface area (Å²) in [5.41, 5.74) is -5.58. The minimum atomic E-state index is -5.78. The molecule has 2 heterocycles. The second kappa shape index (κ2) is 6.67. The van der Waals surface area contributed by atoms with Gasteiger partial charge in [0.2, 0.25) is 0 Å². The lowest BCUT2D eigenvalue weighted by Crippen LogP contribution is -2.60. The zero-order valence-electron chi connectivity index (χ0n) is 15.6. The number of alkyl halides is 6. The molecular weight excluding hydrogens is 438 g/mol. The lowest BCUT2D eigenvalue weighted by atomic mass is 9.57. The molecule has 6 nitrogen and oxygen atoms in total. The maximum atomic E-state index is 14.4. The number of halogens is 6. The van der Waals surface area contributed by atoms with Crippen LogP contribution in [0.5, 0.6) is 0 Å². The summed E-state index contributed by atoms with van der Waals surface area (Å²) in [7, 11) is 0. The van der Waals surface area contributed by atoms with E-state index in [1.165, 1.54) is 0 Å². The summed E-state index contributed by atoms with van der Waals surface area (Å²) < 4.78 is 94.8. The van der Waals surface area contributed by atoms with Gasteiger partial charge >= 0.3 is 36.2 Å². The van der Waals surface area contributed by atoms with E-state index in [0.29, 0.717) is 0 Å². The van der Waals surface area contributed by atoms with Crippen molar-refractivity contribution in [3.05, 3.63) is 22.3 Å². The van der Waals surface area contributed by atoms with Crippen molar-refractivity contribution in [2.75, 3.05) is 0 Å². The van der Waals surface area contributed by atoms with Gasteiger partial charge in [0.05, 0.1) is 0 Å². The smallest absolute Gasteiger partial charge is 0.386 e. The van der Waals surface area contributed by atoms with Gasteiger partial charge < -0.3 is 9.47 Å². The summed E-state index contributed by atoms with van der Waals surface area (Å²) in [6.07, 6.45) is -15.6. The molecule has 2 aliphatic heterocycles. The van der Waals surface area contributed by atoms with E-state index >= 15 is 0 Å². The molecule has 4 aliphatic rings. The van der Waals surface area contributed by atoms with E-state index < -0.39 is 103 Å². The van der Waals surface area contributed by atoms with E-state index in [2.05, 4.69) is 9.47 Å². The molecule has 2 aliphatic carbocycles. The second-order valence-corrected chi connectivity index (χ2v) is 8.01. The predicted molar refractivity (Wildman–Crippen MR) is 85.5 cm³/mol. The van der Waals surface area contributed by atoms with E-state index in [9.17, 15) is 45.5 Å². The molecule has 0 bridgehead atoms. The van der Waals surface area contributed by atoms with Crippen LogP contribution in [0.1, 0.15) is 38.5 Å². The Balaban J connectivity index is 1.81. The number of carbonyl (C=O) groups is 4. The van der Waals surface area contributed by atoms with Crippen molar-refractivity contribution in [1.29, 1.82) is 0 Å². The first kappa shape index (κ1) is 21.6. The zero-order chi connectivity index (χ0) is 22.9. The van der Waals surface area contributed by atoms with Crippen molar-refractivity contribution < 1.29 is 55.0 Å². The lowest BCUT2D eigenvalue weighted by Gasteiger charge is -2.49. The summed E-state index contributed by atoms with van der Waals surface area (Å²) in [6.45, 7) is 0. The summed E-state index contributed by atoms with van der Waals surface area (Å²) in [4.78, 5) is 46.9. The van der Waals surface area contributed by atoms with Gasteiger partial charge in [0.1, 0.15) is 0 Å². The van der Waals surface area contributed by atoms with Gasteiger partial charge in [-0.05, 0) is 50.4 Å². The minimum absolute atomic E-state index is 0.196. The van der Waals surface area contributed by atoms with Gasteiger partial charge in [-0.3, -0.25) is 0 Å². The molecule has 0 aromatic heterocycles. The number of rotatable bonds is 2. The van der Waals surface area contributed by atoms with Crippen LogP contribution in [0.3, 0.4) is 0 Å². The number of cyclic esters (lactones) is 4. The quantitative estimate of drug-likeness (QED) is 0.363. The fourth-order valence-electron chi connectivity index (χ4n) is 5.36. The second-order valence-electron chi connectivity index (χ2n) is 8.01. The van der Waals surface area contributed by atoms with Crippen LogP contribution in [0, 0.1) is 17.3 Å². The van der Waals surface area contributed by atoms with Crippen molar-refractivity contribution >= 4 is 23.9 Å². The van der Waals surface area contributed by atoms with Crippen molar-refractivity contribution in [2.45, 2.75) is 50.9 Å². The fourth-order valence-corrected chi connectivity index (χ4v) is 5.36. The summed E-state index contributed by atoms with van der Waals surface area (Å²) in [5, 5.41) is 0. The molecule has 4 rings (SSSR count). The molecule has 12 heteroatoms. The highest BCUT2D eigenvalue weighted by molar-refractivity contribution is 6.13. The number of hydrogen-bond acceptors (Lipinski definition) is 6. The molecule has 0 N–H and O–H groups in total. The maximum Gasteiger partial charge on any atom is 0.403 e. The van der Waals surface area contributed by atoms with Crippen molar-refractivity contribution in [1.82, 2.24) is 0 Å². The number of hydrogen-bond donors (Lipinski definition) is 0. The van der Waals surface area contributed by atoms with E-state index in [-0.39, 0.29) is 11.1 Å². The zero-order valence-corrected chi connectivity index (χ0v) is 15.6. The SMILES string of the molecule is O=C1OC(=O)C2=C1CCC(C(C1CCC3=C(C1)C(=O)OC3=O)(C(F)(F)F)C(F)(F)F)C2. The van der Waals surface area contributed by atoms with Crippen LogP contribution in [0.15, 0.2) is 22.3 Å². The van der Waals surface area contributed by atoms with Gasteiger partial charge in [-0.2, -0.15) is 26.3 Å². The first-order valence-corrected chi connectivity index (χ1v) is 9.39. The third kappa shape index (κ3) is 2.93. The Hall–Kier alpha value is -2.66. The summed E-state index contributed by atoms with van der Waals surface area (Å²) in [6, 6.07) is 0. The van der Waals surface area contributed by atoms with Gasteiger partial charge in [0.15, 0.2) is 5.41 Å². The van der Waals surface area contributed by atoms with Crippen LogP contribution in [0.2, 0.25) is 0 Å². The average molecular weight is 452 g/mol. The Labute approximate surface area is 170 Å². The highest BCUT2D eigenvalue weighted by Crippen LogP contribution is 2.65. The third-order valence-electron chi connectivity index (χ3n) is 6.70. The molecule has 0 spiro atoms. The highest BCUT2D eigenvalue weighted by Gasteiger charge is 2.77. The normalized spacial score (nSPS) is 27.4. The van der Waals surface area contributed by atoms with Crippen molar-refractivity contribution in [3.8, 4) is 0 Å². The largest absolute Gasteiger partial charge is 0.403 e. The molecule has 2 unspecified atom stereocenters. The molecule has 0 amide bonds. The van der Waals surface area contributed by atoms with Crippen LogP contribution in [0.25, 0.3) is 0 Å². The average Bonchev–Trinajstić information content (AvgIpc) is 3.09. The molecule has 0 aromatic rings. The molecule has 31 heavy (non-hydrogen) atoms. The molecule has 2 atom stereocenters. The van der Waals surface area contributed by atoms with Crippen LogP contribution >= 0.6 is 0 Å². The van der Waals surface area contributed by atoms with Crippen molar-refractivity contribution in [2.24, 2.45) is 17.3 Å². The highest BCUT2D eigenvalue weighted by atomic mass is 19.4. The van der Waals surface area contributed by atoms with Crippen LogP contribution < -0.4 is 0 Å². The first-order chi connectivity index (χ1) is 14.3. The van der Waals surface area contributed by atoms with E-state index in [4.69, 9.17) is 0 Å². The molecule has 0 saturated heterocycles. The van der Waals surface area contributed by atoms with Gasteiger partial charge in [-0.25, -0.2) is 19.2 Å². The summed E-state index contributed by atoms with van der Waals surface area (Å²) >= 11 is 0. The van der Waals surface area contributed by atoms with Crippen LogP contribution in [-0.2, 0) is 28.7 Å². The Morgan fingerprint density at radius 1 is 0.581 bits per heavy atom. The van der Waals surface area contributed by atoms with Gasteiger partial charge in [-0.15, -0.1) is 0 Å². The third-order valence-corrected chi connectivity index (χ3v) is 6.70. The predicted octanol–water partition coefficient (Wildman–Crippen LogP) is 3.46. The van der Waals surface area contributed by atoms with Gasteiger partial charge in [0.25, 0.3) is 0 Å². The molecule has 0 saturated carbocycles. The molecular formula is C19H14F6O6. The van der Waals surface area contributed by atoms with E-state index in [0.717, 1.165) is 0 Å². The lowest BCUT2D eigenvalue weighted by molar-refractivity contribution is -0.378. The van der Waals surface area contributed by atoms with E-state index in [1.54, 1.807) is 0 Å². The van der Waals surface area contributed by atoms with Crippen molar-refractivity contribution in [3.63, 3.8) is 0 Å². The molecule has 0 fully saturated rings. The Kier molecular flexibility index (Phi) is 4.64. The Morgan fingerprint density at radius 2 is 0.903 bits per heavy atom. The van der Waals surface area contributed by atoms with Crippen LogP contribution in [0.4, 0.5) is 26.3 Å². The Morgan fingerprint density at radius 3 is 1.23 bits per heavy atom. The monoisotopic (exact) mass is 452 g/mol. The molecule has 0 radical (unpaired) electrons.